The van der Waals surface area contributed by atoms with Crippen molar-refractivity contribution in [3.05, 3.63) is 59.9 Å². The number of para-hydroxylation sites is 1. The maximum Gasteiger partial charge on any atom is 0.276 e. The first-order valence-electron chi connectivity index (χ1n) is 6.58. The SMILES string of the molecule is Cc1cccc(-c2c(C(F)C(F)F)oc3ccccc23)c1. The van der Waals surface area contributed by atoms with E-state index in [1.807, 2.05) is 25.1 Å². The molecular formula is C17H13F3O. The highest BCUT2D eigenvalue weighted by atomic mass is 19.3. The Balaban J connectivity index is 2.30. The van der Waals surface area contributed by atoms with Gasteiger partial charge in [0.2, 0.25) is 6.17 Å². The maximum atomic E-state index is 13.9. The van der Waals surface area contributed by atoms with Gasteiger partial charge in [0.25, 0.3) is 6.43 Å². The summed E-state index contributed by atoms with van der Waals surface area (Å²) in [5, 5.41) is 0.640. The Morgan fingerprint density at radius 2 is 1.71 bits per heavy atom. The quantitative estimate of drug-likeness (QED) is 0.604. The topological polar surface area (TPSA) is 13.1 Å². The van der Waals surface area contributed by atoms with Crippen molar-refractivity contribution in [3.63, 3.8) is 0 Å². The number of fused-ring (bicyclic) bond motifs is 1. The Kier molecular flexibility index (Phi) is 3.45. The van der Waals surface area contributed by atoms with Crippen LogP contribution in [0.3, 0.4) is 0 Å². The summed E-state index contributed by atoms with van der Waals surface area (Å²) in [6, 6.07) is 14.2. The molecule has 0 N–H and O–H groups in total. The zero-order chi connectivity index (χ0) is 15.0. The second kappa shape index (κ2) is 5.28. The van der Waals surface area contributed by atoms with Crippen LogP contribution in [-0.4, -0.2) is 6.43 Å². The number of aryl methyl sites for hydroxylation is 1. The Bertz CT molecular complexity index is 777. The molecule has 1 aromatic heterocycles. The minimum atomic E-state index is -3.12. The van der Waals surface area contributed by atoms with E-state index in [1.54, 1.807) is 30.3 Å². The third-order valence-corrected chi connectivity index (χ3v) is 3.40. The third-order valence-electron chi connectivity index (χ3n) is 3.40. The fourth-order valence-corrected chi connectivity index (χ4v) is 2.47. The largest absolute Gasteiger partial charge is 0.457 e. The molecule has 3 aromatic rings. The van der Waals surface area contributed by atoms with E-state index in [2.05, 4.69) is 0 Å². The first-order valence-corrected chi connectivity index (χ1v) is 6.58. The van der Waals surface area contributed by atoms with Crippen LogP contribution in [0.2, 0.25) is 0 Å². The van der Waals surface area contributed by atoms with Crippen LogP contribution >= 0.6 is 0 Å². The van der Waals surface area contributed by atoms with E-state index in [1.165, 1.54) is 0 Å². The number of benzene rings is 2. The summed E-state index contributed by atoms with van der Waals surface area (Å²) in [7, 11) is 0. The van der Waals surface area contributed by atoms with Gasteiger partial charge < -0.3 is 4.42 Å². The van der Waals surface area contributed by atoms with Crippen molar-refractivity contribution in [2.45, 2.75) is 19.5 Å². The molecule has 0 radical (unpaired) electrons. The molecule has 1 nitrogen and oxygen atoms in total. The predicted octanol–water partition coefficient (Wildman–Crippen LogP) is 5.68. The van der Waals surface area contributed by atoms with Crippen LogP contribution in [0.5, 0.6) is 0 Å². The van der Waals surface area contributed by atoms with Crippen LogP contribution in [0.25, 0.3) is 22.1 Å². The van der Waals surface area contributed by atoms with E-state index >= 15 is 0 Å². The number of rotatable bonds is 3. The standard InChI is InChI=1S/C17H13F3O/c1-10-5-4-6-11(9-10)14-12-7-2-3-8-13(12)21-16(14)15(18)17(19)20/h2-9,15,17H,1H3. The molecule has 2 aromatic carbocycles. The predicted molar refractivity (Wildman–Crippen MR) is 76.2 cm³/mol. The van der Waals surface area contributed by atoms with Gasteiger partial charge in [0.1, 0.15) is 5.58 Å². The van der Waals surface area contributed by atoms with Gasteiger partial charge in [-0.2, -0.15) is 0 Å². The Morgan fingerprint density at radius 1 is 0.952 bits per heavy atom. The molecule has 1 heterocycles. The van der Waals surface area contributed by atoms with E-state index in [0.717, 1.165) is 5.56 Å². The Hall–Kier alpha value is -2.23. The normalized spacial score (nSPS) is 13.0. The molecule has 0 aliphatic heterocycles. The van der Waals surface area contributed by atoms with E-state index in [0.29, 0.717) is 22.1 Å². The van der Waals surface area contributed by atoms with E-state index in [9.17, 15) is 13.2 Å². The zero-order valence-corrected chi connectivity index (χ0v) is 11.3. The number of hydrogen-bond acceptors (Lipinski definition) is 1. The fraction of sp³-hybridized carbons (Fsp3) is 0.176. The van der Waals surface area contributed by atoms with Gasteiger partial charge in [-0.15, -0.1) is 0 Å². The Labute approximate surface area is 120 Å². The molecule has 108 valence electrons. The van der Waals surface area contributed by atoms with E-state index in [-0.39, 0.29) is 5.76 Å². The lowest BCUT2D eigenvalue weighted by Crippen LogP contribution is -2.03. The molecular weight excluding hydrogens is 277 g/mol. The molecule has 3 rings (SSSR count). The van der Waals surface area contributed by atoms with Gasteiger partial charge >= 0.3 is 0 Å². The molecule has 0 aliphatic rings. The van der Waals surface area contributed by atoms with Crippen LogP contribution in [-0.2, 0) is 0 Å². The summed E-state index contributed by atoms with van der Waals surface area (Å²) in [5.41, 5.74) is 2.46. The van der Waals surface area contributed by atoms with Gasteiger partial charge in [-0.25, -0.2) is 13.2 Å². The van der Waals surface area contributed by atoms with Crippen LogP contribution < -0.4 is 0 Å². The van der Waals surface area contributed by atoms with Crippen molar-refractivity contribution in [1.82, 2.24) is 0 Å². The molecule has 0 amide bonds. The second-order valence-corrected chi connectivity index (χ2v) is 4.94. The molecule has 21 heavy (non-hydrogen) atoms. The van der Waals surface area contributed by atoms with Crippen molar-refractivity contribution in [1.29, 1.82) is 0 Å². The lowest BCUT2D eigenvalue weighted by Gasteiger charge is -2.08. The Morgan fingerprint density at radius 3 is 2.43 bits per heavy atom. The molecule has 0 bridgehead atoms. The average molecular weight is 290 g/mol. The third kappa shape index (κ3) is 2.42. The van der Waals surface area contributed by atoms with Crippen molar-refractivity contribution in [3.8, 4) is 11.1 Å². The van der Waals surface area contributed by atoms with Crippen molar-refractivity contribution < 1.29 is 17.6 Å². The first-order chi connectivity index (χ1) is 10.1. The van der Waals surface area contributed by atoms with Crippen molar-refractivity contribution >= 4 is 11.0 Å². The van der Waals surface area contributed by atoms with Crippen molar-refractivity contribution in [2.24, 2.45) is 0 Å². The summed E-state index contributed by atoms with van der Waals surface area (Å²) in [6.45, 7) is 1.89. The highest BCUT2D eigenvalue weighted by Gasteiger charge is 2.30. The maximum absolute atomic E-state index is 13.9. The summed E-state index contributed by atoms with van der Waals surface area (Å²) >= 11 is 0. The zero-order valence-electron chi connectivity index (χ0n) is 11.3. The monoisotopic (exact) mass is 290 g/mol. The number of alkyl halides is 3. The highest BCUT2D eigenvalue weighted by molar-refractivity contribution is 5.96. The second-order valence-electron chi connectivity index (χ2n) is 4.94. The molecule has 1 atom stereocenters. The summed E-state index contributed by atoms with van der Waals surface area (Å²) in [4.78, 5) is 0. The van der Waals surface area contributed by atoms with Gasteiger partial charge in [0.15, 0.2) is 5.76 Å². The molecule has 0 fully saturated rings. The fourth-order valence-electron chi connectivity index (χ4n) is 2.47. The van der Waals surface area contributed by atoms with Gasteiger partial charge in [0.05, 0.1) is 0 Å². The highest BCUT2D eigenvalue weighted by Crippen LogP contribution is 2.41. The van der Waals surface area contributed by atoms with Gasteiger partial charge in [-0.05, 0) is 18.6 Å². The van der Waals surface area contributed by atoms with Gasteiger partial charge in [0, 0.05) is 10.9 Å². The summed E-state index contributed by atoms with van der Waals surface area (Å²) in [6.07, 6.45) is -5.55. The summed E-state index contributed by atoms with van der Waals surface area (Å²) < 4.78 is 44.8. The molecule has 1 unspecified atom stereocenters. The van der Waals surface area contributed by atoms with Gasteiger partial charge in [-0.1, -0.05) is 48.0 Å². The van der Waals surface area contributed by atoms with Crippen molar-refractivity contribution in [2.75, 3.05) is 0 Å². The molecule has 0 aliphatic carbocycles. The molecule has 4 heteroatoms. The smallest absolute Gasteiger partial charge is 0.276 e. The van der Waals surface area contributed by atoms with E-state index < -0.39 is 12.6 Å². The van der Waals surface area contributed by atoms with Crippen LogP contribution in [0.15, 0.2) is 52.9 Å². The minimum Gasteiger partial charge on any atom is -0.457 e. The first kappa shape index (κ1) is 13.7. The van der Waals surface area contributed by atoms with Crippen LogP contribution in [0.4, 0.5) is 13.2 Å². The summed E-state index contributed by atoms with van der Waals surface area (Å²) in [5.74, 6) is -0.309. The van der Waals surface area contributed by atoms with Gasteiger partial charge in [-0.3, -0.25) is 0 Å². The minimum absolute atomic E-state index is 0.309. The molecule has 0 saturated carbocycles. The van der Waals surface area contributed by atoms with E-state index in [4.69, 9.17) is 4.42 Å². The van der Waals surface area contributed by atoms with Crippen LogP contribution in [0, 0.1) is 6.92 Å². The molecule has 0 spiro atoms. The lowest BCUT2D eigenvalue weighted by atomic mass is 9.99. The average Bonchev–Trinajstić information content (AvgIpc) is 2.85. The lowest BCUT2D eigenvalue weighted by molar-refractivity contribution is 0.0389. The number of halogens is 3. The van der Waals surface area contributed by atoms with Crippen LogP contribution in [0.1, 0.15) is 17.5 Å². The molecule has 0 saturated heterocycles. The number of furan rings is 1. The number of hydrogen-bond donors (Lipinski definition) is 0.